The molecule has 11 heteroatoms. The molecule has 11 nitrogen and oxygen atoms in total. The van der Waals surface area contributed by atoms with E-state index >= 15 is 0 Å². The normalized spacial score (nSPS) is 10.7. The number of carboxylic acid groups (broad SMARTS) is 1. The van der Waals surface area contributed by atoms with Crippen LogP contribution in [0.15, 0.2) is 66.7 Å². The molecule has 0 aliphatic rings. The van der Waals surface area contributed by atoms with Crippen molar-refractivity contribution in [1.82, 2.24) is 9.96 Å². The van der Waals surface area contributed by atoms with Crippen LogP contribution in [0, 0.1) is 6.92 Å². The second-order valence-corrected chi connectivity index (χ2v) is 9.18. The molecule has 0 aliphatic heterocycles. The van der Waals surface area contributed by atoms with Crippen LogP contribution in [0.3, 0.4) is 0 Å². The first-order valence-corrected chi connectivity index (χ1v) is 13.0. The minimum absolute atomic E-state index is 0.0559. The number of urea groups is 1. The lowest BCUT2D eigenvalue weighted by atomic mass is 10.1. The van der Waals surface area contributed by atoms with Crippen molar-refractivity contribution in [3.05, 3.63) is 83.4 Å². The predicted octanol–water partition coefficient (Wildman–Crippen LogP) is 2.95. The maximum absolute atomic E-state index is 13.3. The molecule has 3 amide bonds. The van der Waals surface area contributed by atoms with Crippen molar-refractivity contribution in [1.29, 1.82) is 0 Å². The molecule has 0 aromatic heterocycles. The van der Waals surface area contributed by atoms with E-state index in [1.165, 1.54) is 19.2 Å². The number of nitrogens with one attached hydrogen (secondary N) is 2. The summed E-state index contributed by atoms with van der Waals surface area (Å²) in [7, 11) is 4.81. The number of carbonyl (C=O) groups is 3. The van der Waals surface area contributed by atoms with Gasteiger partial charge >= 0.3 is 6.03 Å². The van der Waals surface area contributed by atoms with Crippen LogP contribution in [0.2, 0.25) is 0 Å². The van der Waals surface area contributed by atoms with Gasteiger partial charge in [0.25, 0.3) is 0 Å². The lowest BCUT2D eigenvalue weighted by molar-refractivity contribution is -0.255. The molecule has 0 fully saturated rings. The van der Waals surface area contributed by atoms with Gasteiger partial charge < -0.3 is 39.7 Å². The number of nitrogens with zero attached hydrogens (tertiary/aromatic N) is 2. The molecule has 3 aromatic rings. The Bertz CT molecular complexity index is 1330. The Labute approximate surface area is 239 Å². The zero-order chi connectivity index (χ0) is 29.8. The number of hydrogen-bond donors (Lipinski definition) is 2. The largest absolute Gasteiger partial charge is 0.545 e. The second-order valence-electron chi connectivity index (χ2n) is 9.18. The zero-order valence-electron chi connectivity index (χ0n) is 23.6. The first kappa shape index (κ1) is 30.9. The number of hydrogen-bond acceptors (Lipinski definition) is 8. The molecule has 3 aromatic carbocycles. The molecule has 0 saturated heterocycles. The van der Waals surface area contributed by atoms with Crippen molar-refractivity contribution in [2.45, 2.75) is 13.3 Å². The molecule has 0 atom stereocenters. The summed E-state index contributed by atoms with van der Waals surface area (Å²) < 4.78 is 11.2. The summed E-state index contributed by atoms with van der Waals surface area (Å²) in [6.45, 7) is 3.28. The Hall–Kier alpha value is -4.61. The van der Waals surface area contributed by atoms with Crippen LogP contribution in [0.5, 0.6) is 11.5 Å². The third kappa shape index (κ3) is 9.52. The van der Waals surface area contributed by atoms with E-state index in [0.717, 1.165) is 5.56 Å². The van der Waals surface area contributed by atoms with Crippen LogP contribution in [-0.2, 0) is 16.1 Å². The number of methoxy groups -OCH3 is 1. The zero-order valence-corrected chi connectivity index (χ0v) is 23.6. The third-order valence-electron chi connectivity index (χ3n) is 6.33. The van der Waals surface area contributed by atoms with Crippen molar-refractivity contribution in [2.24, 2.45) is 0 Å². The molecule has 0 heterocycles. The summed E-state index contributed by atoms with van der Waals surface area (Å²) in [6, 6.07) is 18.1. The Morgan fingerprint density at radius 1 is 0.878 bits per heavy atom. The fraction of sp³-hybridized carbons (Fsp3) is 0.300. The van der Waals surface area contributed by atoms with E-state index in [-0.39, 0.29) is 24.5 Å². The van der Waals surface area contributed by atoms with E-state index in [1.54, 1.807) is 54.5 Å². The number of hydroxylamine groups is 2. The van der Waals surface area contributed by atoms with Crippen LogP contribution in [0.1, 0.15) is 21.5 Å². The average molecular weight is 564 g/mol. The number of ether oxygens (including phenoxy) is 2. The number of rotatable bonds is 14. The maximum atomic E-state index is 13.3. The second kappa shape index (κ2) is 15.2. The first-order chi connectivity index (χ1) is 19.7. The molecule has 0 spiro atoms. The maximum Gasteiger partial charge on any atom is 0.323 e. The number of benzene rings is 3. The first-order valence-electron chi connectivity index (χ1n) is 13.0. The number of para-hydroxylation sites is 1. The molecule has 0 saturated carbocycles. The van der Waals surface area contributed by atoms with Gasteiger partial charge in [-0.2, -0.15) is 5.06 Å². The van der Waals surface area contributed by atoms with Gasteiger partial charge in [0.2, 0.25) is 5.91 Å². The summed E-state index contributed by atoms with van der Waals surface area (Å²) in [4.78, 5) is 43.6. The van der Waals surface area contributed by atoms with E-state index < -0.39 is 12.0 Å². The molecular formula is C30H35N4O7-. The van der Waals surface area contributed by atoms with E-state index in [9.17, 15) is 19.5 Å². The van der Waals surface area contributed by atoms with Crippen LogP contribution in [0.25, 0.3) is 0 Å². The smallest absolute Gasteiger partial charge is 0.323 e. The van der Waals surface area contributed by atoms with E-state index in [4.69, 9.17) is 14.3 Å². The fourth-order valence-electron chi connectivity index (χ4n) is 3.90. The van der Waals surface area contributed by atoms with Gasteiger partial charge in [-0.3, -0.25) is 4.79 Å². The number of amides is 3. The van der Waals surface area contributed by atoms with Crippen LogP contribution in [0.4, 0.5) is 16.2 Å². The molecule has 2 N–H and O–H groups in total. The van der Waals surface area contributed by atoms with Crippen molar-refractivity contribution in [2.75, 3.05) is 58.1 Å². The Balaban J connectivity index is 1.63. The van der Waals surface area contributed by atoms with Crippen LogP contribution >= 0.6 is 0 Å². The summed E-state index contributed by atoms with van der Waals surface area (Å²) in [5.74, 6) is -0.494. The van der Waals surface area contributed by atoms with Gasteiger partial charge in [-0.1, -0.05) is 24.3 Å². The van der Waals surface area contributed by atoms with Crippen molar-refractivity contribution >= 4 is 29.3 Å². The van der Waals surface area contributed by atoms with Crippen molar-refractivity contribution in [3.63, 3.8) is 0 Å². The van der Waals surface area contributed by atoms with Gasteiger partial charge in [0.15, 0.2) is 0 Å². The highest BCUT2D eigenvalue weighted by molar-refractivity contribution is 6.01. The van der Waals surface area contributed by atoms with Gasteiger partial charge in [0.1, 0.15) is 18.1 Å². The van der Waals surface area contributed by atoms with Crippen molar-refractivity contribution < 1.29 is 33.8 Å². The third-order valence-corrected chi connectivity index (χ3v) is 6.33. The van der Waals surface area contributed by atoms with Gasteiger partial charge in [0, 0.05) is 25.8 Å². The number of aryl methyl sites for hydroxylation is 1. The Morgan fingerprint density at radius 3 is 2.24 bits per heavy atom. The number of likely N-dealkylation sites (N-methyl/N-ethyl adjacent to an activating group) is 1. The molecule has 218 valence electrons. The van der Waals surface area contributed by atoms with Gasteiger partial charge in [-0.05, 0) is 66.1 Å². The SMILES string of the molecule is COc1cc(CC(=O)N(CCOc2ccc(C(=O)[O-])cc2)CCN(C)OC)ccc1NC(=O)Nc1ccccc1C. The lowest BCUT2D eigenvalue weighted by Gasteiger charge is -2.25. The van der Waals surface area contributed by atoms with E-state index in [2.05, 4.69) is 10.6 Å². The average Bonchev–Trinajstić information content (AvgIpc) is 2.96. The molecule has 41 heavy (non-hydrogen) atoms. The highest BCUT2D eigenvalue weighted by Crippen LogP contribution is 2.26. The van der Waals surface area contributed by atoms with Crippen molar-refractivity contribution in [3.8, 4) is 11.5 Å². The monoisotopic (exact) mass is 563 g/mol. The standard InChI is InChI=1S/C30H36N4O7/c1-21-7-5-6-8-25(21)31-30(38)32-26-14-9-22(19-27(26)39-3)20-28(35)34(16-15-33(2)40-4)17-18-41-24-12-10-23(11-13-24)29(36)37/h5-14,19H,15-18,20H2,1-4H3,(H,36,37)(H2,31,32,38)/p-1. The Morgan fingerprint density at radius 2 is 1.59 bits per heavy atom. The number of carbonyl (C=O) groups excluding carboxylic acids is 3. The summed E-state index contributed by atoms with van der Waals surface area (Å²) in [5, 5.41) is 18.2. The van der Waals surface area contributed by atoms with Gasteiger partial charge in [-0.15, -0.1) is 0 Å². The van der Waals surface area contributed by atoms with Crippen LogP contribution in [-0.4, -0.2) is 75.4 Å². The molecule has 0 bridgehead atoms. The molecule has 0 unspecified atom stereocenters. The Kier molecular flexibility index (Phi) is 11.5. The number of aromatic carboxylic acids is 1. The summed E-state index contributed by atoms with van der Waals surface area (Å²) in [6.07, 6.45) is 0.100. The predicted molar refractivity (Wildman–Crippen MR) is 153 cm³/mol. The summed E-state index contributed by atoms with van der Waals surface area (Å²) >= 11 is 0. The minimum Gasteiger partial charge on any atom is -0.545 e. The highest BCUT2D eigenvalue weighted by Gasteiger charge is 2.17. The van der Waals surface area contributed by atoms with E-state index in [1.807, 2.05) is 31.2 Å². The number of carboxylic acids is 1. The summed E-state index contributed by atoms with van der Waals surface area (Å²) in [5.41, 5.74) is 2.86. The topological polar surface area (TPSA) is 132 Å². The van der Waals surface area contributed by atoms with Gasteiger partial charge in [-0.25, -0.2) is 4.79 Å². The highest BCUT2D eigenvalue weighted by atomic mass is 16.7. The lowest BCUT2D eigenvalue weighted by Crippen LogP contribution is -2.40. The molecule has 0 radical (unpaired) electrons. The quantitative estimate of drug-likeness (QED) is 0.286. The molecule has 3 rings (SSSR count). The minimum atomic E-state index is -1.26. The van der Waals surface area contributed by atoms with Gasteiger partial charge in [0.05, 0.1) is 38.8 Å². The molecule has 0 aliphatic carbocycles. The fourth-order valence-corrected chi connectivity index (χ4v) is 3.90. The molecular weight excluding hydrogens is 528 g/mol. The number of anilines is 2. The van der Waals surface area contributed by atoms with E-state index in [0.29, 0.717) is 48.1 Å². The van der Waals surface area contributed by atoms with Crippen LogP contribution < -0.4 is 25.2 Å².